The van der Waals surface area contributed by atoms with Crippen molar-refractivity contribution >= 4 is 11.6 Å². The minimum atomic E-state index is -0.127. The highest BCUT2D eigenvalue weighted by Gasteiger charge is 2.18. The number of nitrogens with zero attached hydrogens (tertiary/aromatic N) is 2. The van der Waals surface area contributed by atoms with Crippen LogP contribution in [0.3, 0.4) is 0 Å². The second-order valence-electron chi connectivity index (χ2n) is 6.49. The van der Waals surface area contributed by atoms with Crippen molar-refractivity contribution in [1.29, 1.82) is 0 Å². The number of piperazine rings is 1. The van der Waals surface area contributed by atoms with Crippen LogP contribution in [0.1, 0.15) is 10.4 Å². The highest BCUT2D eigenvalue weighted by atomic mass is 16.5. The molecule has 27 heavy (non-hydrogen) atoms. The molecule has 6 heteroatoms. The van der Waals surface area contributed by atoms with E-state index in [0.717, 1.165) is 32.7 Å². The fraction of sp³-hybridized carbons (Fsp3) is 0.381. The van der Waals surface area contributed by atoms with Gasteiger partial charge in [0, 0.05) is 51.0 Å². The standard InChI is InChI=1S/C21H27N3O3/c1-26-18-8-9-19(20(16-18)27-2)21(25)22-10-11-23-12-14-24(15-13-23)17-6-4-3-5-7-17/h3-9,16H,10-15H2,1-2H3,(H,22,25). The van der Waals surface area contributed by atoms with E-state index >= 15 is 0 Å². The number of carbonyl (C=O) groups excluding carboxylic acids is 1. The third-order valence-electron chi connectivity index (χ3n) is 4.86. The second kappa shape index (κ2) is 9.28. The lowest BCUT2D eigenvalue weighted by Gasteiger charge is -2.36. The fourth-order valence-electron chi connectivity index (χ4n) is 3.28. The van der Waals surface area contributed by atoms with Crippen LogP contribution in [-0.4, -0.2) is 64.3 Å². The van der Waals surface area contributed by atoms with Crippen molar-refractivity contribution in [2.45, 2.75) is 0 Å². The molecule has 1 aliphatic heterocycles. The molecule has 0 radical (unpaired) electrons. The van der Waals surface area contributed by atoms with Gasteiger partial charge in [-0.25, -0.2) is 0 Å². The molecule has 2 aromatic carbocycles. The Labute approximate surface area is 160 Å². The lowest BCUT2D eigenvalue weighted by molar-refractivity contribution is 0.0944. The van der Waals surface area contributed by atoms with E-state index in [-0.39, 0.29) is 5.91 Å². The van der Waals surface area contributed by atoms with Crippen LogP contribution in [0, 0.1) is 0 Å². The number of nitrogens with one attached hydrogen (secondary N) is 1. The van der Waals surface area contributed by atoms with Crippen LogP contribution in [0.5, 0.6) is 11.5 Å². The van der Waals surface area contributed by atoms with Crippen LogP contribution in [0.4, 0.5) is 5.69 Å². The lowest BCUT2D eigenvalue weighted by atomic mass is 10.1. The number of benzene rings is 2. The van der Waals surface area contributed by atoms with E-state index in [1.807, 2.05) is 6.07 Å². The molecule has 0 spiro atoms. The van der Waals surface area contributed by atoms with E-state index in [2.05, 4.69) is 39.4 Å². The van der Waals surface area contributed by atoms with Crippen molar-refractivity contribution in [3.8, 4) is 11.5 Å². The molecule has 3 rings (SSSR count). The van der Waals surface area contributed by atoms with Crippen molar-refractivity contribution in [2.24, 2.45) is 0 Å². The number of hydrogen-bond donors (Lipinski definition) is 1. The molecule has 1 heterocycles. The molecule has 0 saturated carbocycles. The Balaban J connectivity index is 1.45. The Morgan fingerprint density at radius 1 is 1.00 bits per heavy atom. The van der Waals surface area contributed by atoms with Gasteiger partial charge in [-0.1, -0.05) is 18.2 Å². The van der Waals surface area contributed by atoms with E-state index < -0.39 is 0 Å². The number of methoxy groups -OCH3 is 2. The first-order chi connectivity index (χ1) is 13.2. The first-order valence-corrected chi connectivity index (χ1v) is 9.24. The van der Waals surface area contributed by atoms with E-state index in [9.17, 15) is 4.79 Å². The Hall–Kier alpha value is -2.73. The average molecular weight is 369 g/mol. The van der Waals surface area contributed by atoms with Crippen molar-refractivity contribution in [2.75, 3.05) is 58.4 Å². The summed E-state index contributed by atoms with van der Waals surface area (Å²) in [7, 11) is 3.14. The van der Waals surface area contributed by atoms with Gasteiger partial charge in [-0.3, -0.25) is 9.69 Å². The number of ether oxygens (including phenoxy) is 2. The largest absolute Gasteiger partial charge is 0.497 e. The van der Waals surface area contributed by atoms with E-state index in [0.29, 0.717) is 23.6 Å². The van der Waals surface area contributed by atoms with E-state index in [4.69, 9.17) is 9.47 Å². The molecule has 1 saturated heterocycles. The maximum atomic E-state index is 12.4. The van der Waals surface area contributed by atoms with Crippen LogP contribution in [0.2, 0.25) is 0 Å². The predicted octanol–water partition coefficient (Wildman–Crippen LogP) is 2.26. The molecule has 144 valence electrons. The molecule has 0 aromatic heterocycles. The van der Waals surface area contributed by atoms with Gasteiger partial charge in [-0.15, -0.1) is 0 Å². The summed E-state index contributed by atoms with van der Waals surface area (Å²) < 4.78 is 10.5. The summed E-state index contributed by atoms with van der Waals surface area (Å²) in [4.78, 5) is 17.2. The summed E-state index contributed by atoms with van der Waals surface area (Å²) in [6.45, 7) is 5.45. The van der Waals surface area contributed by atoms with Gasteiger partial charge < -0.3 is 19.7 Å². The number of rotatable bonds is 7. The van der Waals surface area contributed by atoms with E-state index in [1.165, 1.54) is 5.69 Å². The van der Waals surface area contributed by atoms with Crippen molar-refractivity contribution in [1.82, 2.24) is 10.2 Å². The molecule has 0 atom stereocenters. The molecular formula is C21H27N3O3. The highest BCUT2D eigenvalue weighted by Crippen LogP contribution is 2.24. The zero-order chi connectivity index (χ0) is 19.1. The summed E-state index contributed by atoms with van der Waals surface area (Å²) in [6.07, 6.45) is 0. The molecule has 1 aliphatic rings. The number of amides is 1. The summed E-state index contributed by atoms with van der Waals surface area (Å²) in [5.41, 5.74) is 1.80. The number of hydrogen-bond acceptors (Lipinski definition) is 5. The van der Waals surface area contributed by atoms with Crippen molar-refractivity contribution in [3.05, 3.63) is 54.1 Å². The minimum Gasteiger partial charge on any atom is -0.497 e. The lowest BCUT2D eigenvalue weighted by Crippen LogP contribution is -2.48. The number of carbonyl (C=O) groups is 1. The predicted molar refractivity (Wildman–Crippen MR) is 107 cm³/mol. The van der Waals surface area contributed by atoms with Gasteiger partial charge in [0.1, 0.15) is 11.5 Å². The van der Waals surface area contributed by atoms with Crippen LogP contribution in [-0.2, 0) is 0 Å². The molecule has 6 nitrogen and oxygen atoms in total. The summed E-state index contributed by atoms with van der Waals surface area (Å²) in [6, 6.07) is 15.7. The third kappa shape index (κ3) is 4.92. The Morgan fingerprint density at radius 3 is 2.41 bits per heavy atom. The maximum absolute atomic E-state index is 12.4. The van der Waals surface area contributed by atoms with Gasteiger partial charge in [0.05, 0.1) is 19.8 Å². The van der Waals surface area contributed by atoms with Crippen LogP contribution < -0.4 is 19.7 Å². The Morgan fingerprint density at radius 2 is 1.74 bits per heavy atom. The summed E-state index contributed by atoms with van der Waals surface area (Å²) >= 11 is 0. The van der Waals surface area contributed by atoms with E-state index in [1.54, 1.807) is 32.4 Å². The van der Waals surface area contributed by atoms with Crippen LogP contribution in [0.25, 0.3) is 0 Å². The number of para-hydroxylation sites is 1. The molecule has 0 aliphatic carbocycles. The van der Waals surface area contributed by atoms with Gasteiger partial charge in [-0.2, -0.15) is 0 Å². The Bertz CT molecular complexity index is 744. The first kappa shape index (κ1) is 19.0. The van der Waals surface area contributed by atoms with Gasteiger partial charge in [0.25, 0.3) is 5.91 Å². The SMILES string of the molecule is COc1ccc(C(=O)NCCN2CCN(c3ccccc3)CC2)c(OC)c1. The highest BCUT2D eigenvalue weighted by molar-refractivity contribution is 5.97. The minimum absolute atomic E-state index is 0.127. The third-order valence-corrected chi connectivity index (χ3v) is 4.86. The molecule has 2 aromatic rings. The first-order valence-electron chi connectivity index (χ1n) is 9.24. The van der Waals surface area contributed by atoms with Crippen molar-refractivity contribution in [3.63, 3.8) is 0 Å². The zero-order valence-corrected chi connectivity index (χ0v) is 16.0. The summed E-state index contributed by atoms with van der Waals surface area (Å²) in [5, 5.41) is 2.99. The zero-order valence-electron chi connectivity index (χ0n) is 16.0. The topological polar surface area (TPSA) is 54.0 Å². The molecule has 1 fully saturated rings. The molecule has 1 N–H and O–H groups in total. The molecule has 1 amide bonds. The number of anilines is 1. The molecule has 0 unspecified atom stereocenters. The second-order valence-corrected chi connectivity index (χ2v) is 6.49. The molecular weight excluding hydrogens is 342 g/mol. The Kier molecular flexibility index (Phi) is 6.54. The molecule has 0 bridgehead atoms. The monoisotopic (exact) mass is 369 g/mol. The average Bonchev–Trinajstić information content (AvgIpc) is 2.74. The van der Waals surface area contributed by atoms with Gasteiger partial charge in [0.2, 0.25) is 0 Å². The van der Waals surface area contributed by atoms with Crippen LogP contribution in [0.15, 0.2) is 48.5 Å². The maximum Gasteiger partial charge on any atom is 0.255 e. The van der Waals surface area contributed by atoms with Crippen molar-refractivity contribution < 1.29 is 14.3 Å². The summed E-state index contributed by atoms with van der Waals surface area (Å²) in [5.74, 6) is 1.06. The van der Waals surface area contributed by atoms with Gasteiger partial charge in [-0.05, 0) is 24.3 Å². The quantitative estimate of drug-likeness (QED) is 0.811. The smallest absolute Gasteiger partial charge is 0.255 e. The van der Waals surface area contributed by atoms with Gasteiger partial charge in [0.15, 0.2) is 0 Å². The van der Waals surface area contributed by atoms with Gasteiger partial charge >= 0.3 is 0 Å². The van der Waals surface area contributed by atoms with Crippen LogP contribution >= 0.6 is 0 Å². The fourth-order valence-corrected chi connectivity index (χ4v) is 3.28. The normalized spacial score (nSPS) is 14.7.